The van der Waals surface area contributed by atoms with Crippen LogP contribution in [0.4, 0.5) is 4.39 Å². The second kappa shape index (κ2) is 8.65. The van der Waals surface area contributed by atoms with Crippen LogP contribution in [0.15, 0.2) is 60.7 Å². The molecule has 2 heterocycles. The summed E-state index contributed by atoms with van der Waals surface area (Å²) in [6.07, 6.45) is 0. The largest absolute Gasteiger partial charge is 0.497 e. The molecule has 1 N–H and O–H groups in total. The summed E-state index contributed by atoms with van der Waals surface area (Å²) in [5.41, 5.74) is 3.00. The number of alkyl halides is 1. The van der Waals surface area contributed by atoms with Gasteiger partial charge in [-0.05, 0) is 12.5 Å². The molecule has 5 nitrogen and oxygen atoms in total. The van der Waals surface area contributed by atoms with E-state index in [1.54, 1.807) is 6.92 Å². The van der Waals surface area contributed by atoms with Crippen molar-refractivity contribution in [1.82, 2.24) is 14.8 Å². The Balaban J connectivity index is 0.00000225. The molecule has 0 aliphatic rings. The minimum Gasteiger partial charge on any atom is -0.497 e. The minimum atomic E-state index is -1.01. The third-order valence-corrected chi connectivity index (χ3v) is 4.82. The van der Waals surface area contributed by atoms with E-state index in [1.165, 1.54) is 4.68 Å². The Labute approximate surface area is 178 Å². The Bertz CT molecular complexity index is 1070. The first kappa shape index (κ1) is 20.2. The van der Waals surface area contributed by atoms with Crippen LogP contribution < -0.4 is 4.74 Å². The normalized spacial score (nSPS) is 10.5. The van der Waals surface area contributed by atoms with E-state index in [1.807, 2.05) is 60.7 Å². The van der Waals surface area contributed by atoms with Crippen LogP contribution in [0.2, 0.25) is 0 Å². The number of hydrogen-bond acceptors (Lipinski definition) is 5. The zero-order valence-corrected chi connectivity index (χ0v) is 18.0. The van der Waals surface area contributed by atoms with E-state index in [4.69, 9.17) is 4.74 Å². The van der Waals surface area contributed by atoms with Crippen molar-refractivity contribution in [3.8, 4) is 39.1 Å². The van der Waals surface area contributed by atoms with Crippen LogP contribution in [-0.4, -0.2) is 26.7 Å². The van der Waals surface area contributed by atoms with Gasteiger partial charge in [-0.15, -0.1) is 5.10 Å². The quantitative estimate of drug-likeness (QED) is 0.366. The Morgan fingerprint density at radius 2 is 1.64 bits per heavy atom. The number of hydrogen-bond donors (Lipinski definition) is 1. The van der Waals surface area contributed by atoms with Crippen LogP contribution >= 0.6 is 11.3 Å². The summed E-state index contributed by atoms with van der Waals surface area (Å²) in [5, 5.41) is 15.5. The molecule has 0 aliphatic heterocycles. The molecule has 0 amide bonds. The molecule has 2 aromatic carbocycles. The van der Waals surface area contributed by atoms with Crippen LogP contribution in [0, 0.1) is 6.92 Å². The molecular formula is C20H16FIrN3O2S. The summed E-state index contributed by atoms with van der Waals surface area (Å²) >= 11 is 1.16. The fourth-order valence-electron chi connectivity index (χ4n) is 2.97. The van der Waals surface area contributed by atoms with Gasteiger partial charge in [-0.3, -0.25) is 0 Å². The Morgan fingerprint density at radius 3 is 2.18 bits per heavy atom. The van der Waals surface area contributed by atoms with Crippen molar-refractivity contribution in [3.05, 3.63) is 65.7 Å². The summed E-state index contributed by atoms with van der Waals surface area (Å²) in [6.45, 7) is 0.795. The maximum atomic E-state index is 13.1. The Hall–Kier alpha value is -2.54. The van der Waals surface area contributed by atoms with E-state index >= 15 is 0 Å². The first-order valence-electron chi connectivity index (χ1n) is 8.28. The van der Waals surface area contributed by atoms with Crippen LogP contribution in [0.1, 0.15) is 5.01 Å². The SMILES string of the molecule is Cc1nc(-n2nc(OCF)c(-c3ccccc3)c2-c2ccccc2)c(O)s1.[Ir]. The van der Waals surface area contributed by atoms with Crippen LogP contribution in [0.5, 0.6) is 10.9 Å². The molecule has 0 bridgehead atoms. The van der Waals surface area contributed by atoms with Gasteiger partial charge in [0, 0.05) is 25.7 Å². The van der Waals surface area contributed by atoms with Gasteiger partial charge >= 0.3 is 0 Å². The van der Waals surface area contributed by atoms with Gasteiger partial charge in [0.15, 0.2) is 0 Å². The molecule has 0 saturated carbocycles. The maximum Gasteiger partial charge on any atom is 0.244 e. The van der Waals surface area contributed by atoms with Crippen molar-refractivity contribution in [3.63, 3.8) is 0 Å². The first-order chi connectivity index (χ1) is 13.2. The molecule has 4 aromatic rings. The molecule has 0 spiro atoms. The average molecular weight is 574 g/mol. The molecule has 1 radical (unpaired) electrons. The van der Waals surface area contributed by atoms with E-state index < -0.39 is 6.86 Å². The second-order valence-corrected chi connectivity index (χ2v) is 6.97. The molecule has 0 unspecified atom stereocenters. The van der Waals surface area contributed by atoms with Gasteiger partial charge in [-0.25, -0.2) is 14.1 Å². The van der Waals surface area contributed by atoms with E-state index in [9.17, 15) is 9.50 Å². The molecule has 4 rings (SSSR count). The van der Waals surface area contributed by atoms with E-state index in [-0.39, 0.29) is 31.0 Å². The Kier molecular flexibility index (Phi) is 6.24. The second-order valence-electron chi connectivity index (χ2n) is 5.79. The molecule has 0 saturated heterocycles. The van der Waals surface area contributed by atoms with Crippen molar-refractivity contribution in [2.24, 2.45) is 0 Å². The summed E-state index contributed by atoms with van der Waals surface area (Å²) in [6, 6.07) is 19.1. The van der Waals surface area contributed by atoms with Gasteiger partial charge in [0.1, 0.15) is 0 Å². The molecule has 2 aromatic heterocycles. The average Bonchev–Trinajstić information content (AvgIpc) is 3.22. The zero-order chi connectivity index (χ0) is 18.8. The molecule has 145 valence electrons. The smallest absolute Gasteiger partial charge is 0.244 e. The zero-order valence-electron chi connectivity index (χ0n) is 14.8. The van der Waals surface area contributed by atoms with Crippen molar-refractivity contribution in [2.75, 3.05) is 6.86 Å². The summed E-state index contributed by atoms with van der Waals surface area (Å²) in [7, 11) is 0. The number of aryl methyl sites for hydroxylation is 1. The van der Waals surface area contributed by atoms with Crippen molar-refractivity contribution in [1.29, 1.82) is 0 Å². The fraction of sp³-hybridized carbons (Fsp3) is 0.100. The summed E-state index contributed by atoms with van der Waals surface area (Å²) in [4.78, 5) is 4.39. The van der Waals surface area contributed by atoms with Crippen LogP contribution in [0.3, 0.4) is 0 Å². The number of nitrogens with zero attached hydrogens (tertiary/aromatic N) is 3. The standard InChI is InChI=1S/C20H16FN3O2S.Ir/c1-13-22-18(20(25)27-13)24-17(15-10-6-3-7-11-15)16(19(23-24)26-12-21)14-8-4-2-5-9-14;/h2-11,25H,12H2,1H3;. The fourth-order valence-corrected chi connectivity index (χ4v) is 3.61. The third-order valence-electron chi connectivity index (χ3n) is 4.05. The van der Waals surface area contributed by atoms with E-state index in [0.717, 1.165) is 22.5 Å². The molecule has 0 aliphatic carbocycles. The molecule has 0 atom stereocenters. The predicted octanol–water partition coefficient (Wildman–Crippen LogP) is 4.98. The number of benzene rings is 2. The van der Waals surface area contributed by atoms with E-state index in [0.29, 0.717) is 22.1 Å². The first-order valence-corrected chi connectivity index (χ1v) is 9.10. The van der Waals surface area contributed by atoms with Gasteiger partial charge in [0.2, 0.25) is 23.6 Å². The third kappa shape index (κ3) is 3.71. The van der Waals surface area contributed by atoms with Gasteiger partial charge in [-0.2, -0.15) is 0 Å². The molecule has 8 heteroatoms. The summed E-state index contributed by atoms with van der Waals surface area (Å²) in [5.74, 6) is 0.440. The number of ether oxygens (including phenoxy) is 1. The van der Waals surface area contributed by atoms with Gasteiger partial charge < -0.3 is 9.84 Å². The minimum absolute atomic E-state index is 0. The summed E-state index contributed by atoms with van der Waals surface area (Å²) < 4.78 is 19.8. The predicted molar refractivity (Wildman–Crippen MR) is 103 cm³/mol. The molecular weight excluding hydrogens is 558 g/mol. The van der Waals surface area contributed by atoms with Crippen LogP contribution in [0.25, 0.3) is 28.2 Å². The molecule has 0 fully saturated rings. The number of thiazole rings is 1. The van der Waals surface area contributed by atoms with Crippen molar-refractivity contribution < 1.29 is 34.3 Å². The van der Waals surface area contributed by atoms with Crippen molar-refractivity contribution in [2.45, 2.75) is 6.92 Å². The number of aromatic nitrogens is 3. The number of halogens is 1. The monoisotopic (exact) mass is 574 g/mol. The topological polar surface area (TPSA) is 60.2 Å². The number of rotatable bonds is 5. The van der Waals surface area contributed by atoms with Gasteiger partial charge in [0.25, 0.3) is 0 Å². The van der Waals surface area contributed by atoms with Crippen molar-refractivity contribution >= 4 is 11.3 Å². The van der Waals surface area contributed by atoms with Crippen LogP contribution in [-0.2, 0) is 20.1 Å². The van der Waals surface area contributed by atoms with E-state index in [2.05, 4.69) is 10.1 Å². The Morgan fingerprint density at radius 1 is 1.04 bits per heavy atom. The maximum absolute atomic E-state index is 13.1. The van der Waals surface area contributed by atoms with Gasteiger partial charge in [0.05, 0.1) is 16.3 Å². The van der Waals surface area contributed by atoms with Gasteiger partial charge in [-0.1, -0.05) is 72.0 Å². The molecule has 28 heavy (non-hydrogen) atoms. The number of aromatic hydroxyl groups is 1.